The second kappa shape index (κ2) is 8.20. The number of aryl methyl sites for hydroxylation is 1. The summed E-state index contributed by atoms with van der Waals surface area (Å²) < 4.78 is 54.4. The average molecular weight is 422 g/mol. The minimum atomic E-state index is -4.31. The first-order chi connectivity index (χ1) is 13.7. The topological polar surface area (TPSA) is 66.5 Å². The van der Waals surface area contributed by atoms with Crippen molar-refractivity contribution in [2.45, 2.75) is 38.0 Å². The molecule has 0 aliphatic carbocycles. The van der Waals surface area contributed by atoms with Crippen molar-refractivity contribution in [2.75, 3.05) is 18.4 Å². The minimum absolute atomic E-state index is 0.00873. The highest BCUT2D eigenvalue weighted by molar-refractivity contribution is 7.89. The number of halogens is 2. The van der Waals surface area contributed by atoms with Crippen LogP contribution in [0.15, 0.2) is 47.4 Å². The van der Waals surface area contributed by atoms with Gasteiger partial charge in [0.2, 0.25) is 15.9 Å². The van der Waals surface area contributed by atoms with Crippen molar-refractivity contribution in [3.63, 3.8) is 0 Å². The number of amides is 1. The van der Waals surface area contributed by atoms with E-state index in [2.05, 4.69) is 5.32 Å². The smallest absolute Gasteiger partial charge is 0.248 e. The molecule has 1 fully saturated rings. The molecule has 0 saturated carbocycles. The SMILES string of the molecule is CCc1ccc(NC(=O)C2(C)CCN(S(=O)(=O)c3c(F)cccc3F)CC2)cc1. The monoisotopic (exact) mass is 422 g/mol. The van der Waals surface area contributed by atoms with Crippen LogP contribution in [-0.4, -0.2) is 31.7 Å². The van der Waals surface area contributed by atoms with E-state index in [0.29, 0.717) is 5.69 Å². The summed E-state index contributed by atoms with van der Waals surface area (Å²) in [6.45, 7) is 3.84. The van der Waals surface area contributed by atoms with Gasteiger partial charge < -0.3 is 5.32 Å². The number of piperidine rings is 1. The summed E-state index contributed by atoms with van der Waals surface area (Å²) in [7, 11) is -4.31. The first-order valence-corrected chi connectivity index (χ1v) is 11.0. The number of hydrogen-bond acceptors (Lipinski definition) is 3. The second-order valence-electron chi connectivity index (χ2n) is 7.52. The van der Waals surface area contributed by atoms with Gasteiger partial charge in [-0.3, -0.25) is 4.79 Å². The molecule has 0 bridgehead atoms. The highest BCUT2D eigenvalue weighted by atomic mass is 32.2. The zero-order chi connectivity index (χ0) is 21.2. The van der Waals surface area contributed by atoms with Gasteiger partial charge in [-0.15, -0.1) is 0 Å². The van der Waals surface area contributed by atoms with Crippen LogP contribution in [0.1, 0.15) is 32.3 Å². The van der Waals surface area contributed by atoms with Crippen LogP contribution in [0, 0.1) is 17.0 Å². The number of carbonyl (C=O) groups excluding carboxylic acids is 1. The van der Waals surface area contributed by atoms with E-state index in [1.54, 1.807) is 6.92 Å². The zero-order valence-electron chi connectivity index (χ0n) is 16.4. The lowest BCUT2D eigenvalue weighted by molar-refractivity contribution is -0.126. The highest BCUT2D eigenvalue weighted by Gasteiger charge is 2.41. The van der Waals surface area contributed by atoms with Crippen molar-refractivity contribution in [3.8, 4) is 0 Å². The van der Waals surface area contributed by atoms with Crippen LogP contribution >= 0.6 is 0 Å². The summed E-state index contributed by atoms with van der Waals surface area (Å²) in [6.07, 6.45) is 1.40. The third kappa shape index (κ3) is 4.33. The van der Waals surface area contributed by atoms with Gasteiger partial charge in [-0.05, 0) is 49.1 Å². The predicted molar refractivity (Wildman–Crippen MR) is 107 cm³/mol. The number of rotatable bonds is 5. The van der Waals surface area contributed by atoms with Crippen LogP contribution in [0.25, 0.3) is 0 Å². The Bertz CT molecular complexity index is 979. The van der Waals surface area contributed by atoms with E-state index in [4.69, 9.17) is 0 Å². The Balaban J connectivity index is 1.70. The average Bonchev–Trinajstić information content (AvgIpc) is 2.68. The molecule has 5 nitrogen and oxygen atoms in total. The summed E-state index contributed by atoms with van der Waals surface area (Å²) in [6, 6.07) is 10.5. The maximum atomic E-state index is 14.0. The van der Waals surface area contributed by atoms with Crippen molar-refractivity contribution in [3.05, 3.63) is 59.7 Å². The van der Waals surface area contributed by atoms with Crippen LogP contribution in [0.3, 0.4) is 0 Å². The molecular formula is C21H24F2N2O3S. The molecule has 29 heavy (non-hydrogen) atoms. The Morgan fingerprint density at radius 2 is 1.62 bits per heavy atom. The molecule has 0 atom stereocenters. The Labute approximate surface area is 169 Å². The minimum Gasteiger partial charge on any atom is -0.326 e. The van der Waals surface area contributed by atoms with Crippen molar-refractivity contribution in [1.82, 2.24) is 4.31 Å². The van der Waals surface area contributed by atoms with Gasteiger partial charge >= 0.3 is 0 Å². The third-order valence-electron chi connectivity index (χ3n) is 5.51. The molecule has 156 valence electrons. The lowest BCUT2D eigenvalue weighted by atomic mass is 9.80. The van der Waals surface area contributed by atoms with Gasteiger partial charge in [0.15, 0.2) is 4.90 Å². The van der Waals surface area contributed by atoms with Gasteiger partial charge in [-0.1, -0.05) is 32.0 Å². The summed E-state index contributed by atoms with van der Waals surface area (Å²) >= 11 is 0. The summed E-state index contributed by atoms with van der Waals surface area (Å²) in [5, 5.41) is 2.88. The Kier molecular flexibility index (Phi) is 6.05. The van der Waals surface area contributed by atoms with Crippen molar-refractivity contribution in [2.24, 2.45) is 5.41 Å². The van der Waals surface area contributed by atoms with E-state index in [-0.39, 0.29) is 31.8 Å². The van der Waals surface area contributed by atoms with E-state index < -0.39 is 32.0 Å². The fraction of sp³-hybridized carbons (Fsp3) is 0.381. The largest absolute Gasteiger partial charge is 0.326 e. The fourth-order valence-corrected chi connectivity index (χ4v) is 4.96. The lowest BCUT2D eigenvalue weighted by Crippen LogP contribution is -2.47. The summed E-state index contributed by atoms with van der Waals surface area (Å²) in [4.78, 5) is 11.8. The van der Waals surface area contributed by atoms with Crippen molar-refractivity contribution < 1.29 is 22.0 Å². The molecule has 1 saturated heterocycles. The van der Waals surface area contributed by atoms with E-state index in [1.807, 2.05) is 31.2 Å². The molecule has 0 unspecified atom stereocenters. The first-order valence-electron chi connectivity index (χ1n) is 9.52. The molecule has 2 aromatic rings. The molecule has 1 heterocycles. The van der Waals surface area contributed by atoms with Gasteiger partial charge in [-0.2, -0.15) is 4.31 Å². The Hall–Kier alpha value is -2.32. The molecule has 1 aliphatic rings. The fourth-order valence-electron chi connectivity index (χ4n) is 3.41. The van der Waals surface area contributed by atoms with E-state index >= 15 is 0 Å². The second-order valence-corrected chi connectivity index (χ2v) is 9.39. The molecule has 1 aliphatic heterocycles. The number of carbonyl (C=O) groups is 1. The van der Waals surface area contributed by atoms with E-state index in [1.165, 1.54) is 0 Å². The normalized spacial score (nSPS) is 17.1. The summed E-state index contributed by atoms with van der Waals surface area (Å²) in [5.74, 6) is -2.44. The number of nitrogens with zero attached hydrogens (tertiary/aromatic N) is 1. The number of sulfonamides is 1. The third-order valence-corrected chi connectivity index (χ3v) is 7.46. The zero-order valence-corrected chi connectivity index (χ0v) is 17.2. The van der Waals surface area contributed by atoms with Gasteiger partial charge in [0.05, 0.1) is 0 Å². The molecule has 2 aromatic carbocycles. The summed E-state index contributed by atoms with van der Waals surface area (Å²) in [5.41, 5.74) is 1.06. The van der Waals surface area contributed by atoms with Crippen LogP contribution in [-0.2, 0) is 21.2 Å². The number of nitrogens with one attached hydrogen (secondary N) is 1. The molecule has 0 radical (unpaired) electrons. The molecule has 8 heteroatoms. The highest BCUT2D eigenvalue weighted by Crippen LogP contribution is 2.35. The molecule has 1 amide bonds. The molecular weight excluding hydrogens is 398 g/mol. The molecule has 1 N–H and O–H groups in total. The maximum absolute atomic E-state index is 14.0. The number of benzene rings is 2. The maximum Gasteiger partial charge on any atom is 0.248 e. The first kappa shape index (κ1) is 21.4. The number of anilines is 1. The van der Waals surface area contributed by atoms with Gasteiger partial charge in [0.1, 0.15) is 11.6 Å². The van der Waals surface area contributed by atoms with Crippen LogP contribution in [0.2, 0.25) is 0 Å². The van der Waals surface area contributed by atoms with Crippen LogP contribution in [0.4, 0.5) is 14.5 Å². The number of hydrogen-bond donors (Lipinski definition) is 1. The van der Waals surface area contributed by atoms with Crippen LogP contribution in [0.5, 0.6) is 0 Å². The van der Waals surface area contributed by atoms with E-state index in [9.17, 15) is 22.0 Å². The Morgan fingerprint density at radius 1 is 1.07 bits per heavy atom. The molecule has 3 rings (SSSR count). The van der Waals surface area contributed by atoms with Crippen LogP contribution < -0.4 is 5.32 Å². The Morgan fingerprint density at radius 3 is 2.14 bits per heavy atom. The van der Waals surface area contributed by atoms with Crippen molar-refractivity contribution >= 4 is 21.6 Å². The van der Waals surface area contributed by atoms with Gasteiger partial charge in [0, 0.05) is 24.2 Å². The lowest BCUT2D eigenvalue weighted by Gasteiger charge is -2.37. The molecule has 0 aromatic heterocycles. The molecule has 0 spiro atoms. The van der Waals surface area contributed by atoms with Crippen molar-refractivity contribution in [1.29, 1.82) is 0 Å². The predicted octanol–water partition coefficient (Wildman–Crippen LogP) is 3.96. The van der Waals surface area contributed by atoms with Gasteiger partial charge in [0.25, 0.3) is 0 Å². The van der Waals surface area contributed by atoms with Gasteiger partial charge in [-0.25, -0.2) is 17.2 Å². The standard InChI is InChI=1S/C21H24F2N2O3S/c1-3-15-7-9-16(10-8-15)24-20(26)21(2)11-13-25(14-12-21)29(27,28)19-17(22)5-4-6-18(19)23/h4-10H,3,11-14H2,1-2H3,(H,24,26). The quantitative estimate of drug-likeness (QED) is 0.793. The van der Waals surface area contributed by atoms with E-state index in [0.717, 1.165) is 34.5 Å².